The van der Waals surface area contributed by atoms with Crippen molar-refractivity contribution in [3.05, 3.63) is 12.1 Å². The molecule has 1 aromatic rings. The molecule has 0 aliphatic carbocycles. The Morgan fingerprint density at radius 1 is 1.57 bits per heavy atom. The van der Waals surface area contributed by atoms with Crippen molar-refractivity contribution in [2.24, 2.45) is 5.73 Å². The van der Waals surface area contributed by atoms with Crippen LogP contribution in [0.5, 0.6) is 0 Å². The zero-order chi connectivity index (χ0) is 15.6. The van der Waals surface area contributed by atoms with Gasteiger partial charge < -0.3 is 31.5 Å². The molecule has 0 radical (unpaired) electrons. The molecular formula is C13H21N5O3. The van der Waals surface area contributed by atoms with E-state index in [1.165, 1.54) is 0 Å². The molecule has 1 saturated heterocycles. The lowest BCUT2D eigenvalue weighted by Crippen LogP contribution is -2.41. The average molecular weight is 295 g/mol. The fraction of sp³-hybridized carbons (Fsp3) is 0.538. The van der Waals surface area contributed by atoms with Crippen molar-refractivity contribution in [2.45, 2.75) is 12.0 Å². The number of nitrogens with two attached hydrogens (primary N) is 2. The summed E-state index contributed by atoms with van der Waals surface area (Å²) in [6.07, 6.45) is 0.169. The summed E-state index contributed by atoms with van der Waals surface area (Å²) in [5, 5.41) is 19.1. The van der Waals surface area contributed by atoms with Crippen molar-refractivity contribution in [3.8, 4) is 0 Å². The van der Waals surface area contributed by atoms with Gasteiger partial charge in [-0.15, -0.1) is 0 Å². The topological polar surface area (TPSA) is 129 Å². The Bertz CT molecular complexity index is 539. The quantitative estimate of drug-likeness (QED) is 0.549. The van der Waals surface area contributed by atoms with E-state index in [0.29, 0.717) is 37.0 Å². The standard InChI is InChI=1S/C13H21N5O3/c1-17(7-5-14)11-9(15)2-3-10(16-11)18-6-4-13(21,8-18)12(19)20/h2-3,21H,4-8,14-15H2,1H3,(H,19,20). The van der Waals surface area contributed by atoms with Crippen molar-refractivity contribution in [2.75, 3.05) is 48.8 Å². The Hall–Kier alpha value is -2.06. The Labute approximate surface area is 123 Å². The van der Waals surface area contributed by atoms with Crippen LogP contribution in [0.3, 0.4) is 0 Å². The van der Waals surface area contributed by atoms with Crippen LogP contribution in [0, 0.1) is 0 Å². The van der Waals surface area contributed by atoms with Gasteiger partial charge in [-0.2, -0.15) is 0 Å². The number of carboxylic acid groups (broad SMARTS) is 1. The third kappa shape index (κ3) is 3.01. The molecule has 1 fully saturated rings. The zero-order valence-corrected chi connectivity index (χ0v) is 12.0. The predicted molar refractivity (Wildman–Crippen MR) is 80.4 cm³/mol. The van der Waals surface area contributed by atoms with Gasteiger partial charge in [-0.05, 0) is 12.1 Å². The first-order valence-electron chi connectivity index (χ1n) is 6.76. The maximum absolute atomic E-state index is 11.1. The van der Waals surface area contributed by atoms with Crippen LogP contribution < -0.4 is 21.3 Å². The van der Waals surface area contributed by atoms with Crippen molar-refractivity contribution in [3.63, 3.8) is 0 Å². The minimum Gasteiger partial charge on any atom is -0.479 e. The van der Waals surface area contributed by atoms with Crippen LogP contribution in [-0.2, 0) is 4.79 Å². The summed E-state index contributed by atoms with van der Waals surface area (Å²) in [7, 11) is 1.84. The van der Waals surface area contributed by atoms with E-state index >= 15 is 0 Å². The normalized spacial score (nSPS) is 21.6. The fourth-order valence-corrected chi connectivity index (χ4v) is 2.39. The van der Waals surface area contributed by atoms with E-state index in [-0.39, 0.29) is 13.0 Å². The number of carboxylic acids is 1. The van der Waals surface area contributed by atoms with Crippen molar-refractivity contribution >= 4 is 23.3 Å². The molecule has 1 aliphatic rings. The van der Waals surface area contributed by atoms with Crippen molar-refractivity contribution < 1.29 is 15.0 Å². The monoisotopic (exact) mass is 295 g/mol. The smallest absolute Gasteiger partial charge is 0.337 e. The maximum Gasteiger partial charge on any atom is 0.337 e. The van der Waals surface area contributed by atoms with Crippen LogP contribution >= 0.6 is 0 Å². The number of rotatable bonds is 5. The molecule has 2 rings (SSSR count). The Balaban J connectivity index is 2.22. The van der Waals surface area contributed by atoms with Crippen LogP contribution in [0.15, 0.2) is 12.1 Å². The van der Waals surface area contributed by atoms with E-state index in [4.69, 9.17) is 16.6 Å². The van der Waals surface area contributed by atoms with Crippen LogP contribution in [0.2, 0.25) is 0 Å². The Morgan fingerprint density at radius 3 is 2.86 bits per heavy atom. The summed E-state index contributed by atoms with van der Waals surface area (Å²) in [6, 6.07) is 3.45. The molecule has 21 heavy (non-hydrogen) atoms. The second kappa shape index (κ2) is 5.74. The van der Waals surface area contributed by atoms with Gasteiger partial charge in [-0.1, -0.05) is 0 Å². The highest BCUT2D eigenvalue weighted by Crippen LogP contribution is 2.29. The molecule has 0 saturated carbocycles. The number of hydrogen-bond acceptors (Lipinski definition) is 7. The number of aromatic nitrogens is 1. The highest BCUT2D eigenvalue weighted by Gasteiger charge is 2.43. The Kier molecular flexibility index (Phi) is 4.19. The summed E-state index contributed by atoms with van der Waals surface area (Å²) in [4.78, 5) is 19.1. The number of pyridine rings is 1. The zero-order valence-electron chi connectivity index (χ0n) is 12.0. The van der Waals surface area contributed by atoms with Gasteiger partial charge >= 0.3 is 5.97 Å². The molecule has 1 unspecified atom stereocenters. The van der Waals surface area contributed by atoms with Gasteiger partial charge in [0, 0.05) is 33.1 Å². The highest BCUT2D eigenvalue weighted by molar-refractivity contribution is 5.79. The first-order chi connectivity index (χ1) is 9.87. The van der Waals surface area contributed by atoms with E-state index in [0.717, 1.165) is 0 Å². The molecule has 0 spiro atoms. The highest BCUT2D eigenvalue weighted by atomic mass is 16.4. The predicted octanol–water partition coefficient (Wildman–Crippen LogP) is -0.915. The van der Waals surface area contributed by atoms with Gasteiger partial charge in [0.1, 0.15) is 5.82 Å². The number of nitrogen functional groups attached to an aromatic ring is 1. The molecule has 1 atom stereocenters. The molecule has 8 heteroatoms. The lowest BCUT2D eigenvalue weighted by Gasteiger charge is -2.24. The molecule has 0 amide bonds. The van der Waals surface area contributed by atoms with Crippen LogP contribution in [0.25, 0.3) is 0 Å². The Morgan fingerprint density at radius 2 is 2.29 bits per heavy atom. The molecule has 8 nitrogen and oxygen atoms in total. The molecule has 0 bridgehead atoms. The number of β-amino-alcohol motifs (C(OH)–C–C–N with tert-alkyl or cyclic N) is 1. The number of likely N-dealkylation sites (N-methyl/N-ethyl adjacent to an activating group) is 1. The van der Waals surface area contributed by atoms with Crippen LogP contribution in [0.4, 0.5) is 17.3 Å². The summed E-state index contributed by atoms with van der Waals surface area (Å²) in [6.45, 7) is 1.53. The summed E-state index contributed by atoms with van der Waals surface area (Å²) in [5.41, 5.74) is 10.3. The van der Waals surface area contributed by atoms with Gasteiger partial charge in [0.05, 0.1) is 12.2 Å². The van der Waals surface area contributed by atoms with Crippen molar-refractivity contribution in [1.29, 1.82) is 0 Å². The number of nitrogens with zero attached hydrogens (tertiary/aromatic N) is 3. The van der Waals surface area contributed by atoms with E-state index in [2.05, 4.69) is 4.98 Å². The van der Waals surface area contributed by atoms with Gasteiger partial charge in [-0.25, -0.2) is 9.78 Å². The van der Waals surface area contributed by atoms with Crippen molar-refractivity contribution in [1.82, 2.24) is 4.98 Å². The third-order valence-corrected chi connectivity index (χ3v) is 3.69. The lowest BCUT2D eigenvalue weighted by atomic mass is 10.0. The molecular weight excluding hydrogens is 274 g/mol. The average Bonchev–Trinajstić information content (AvgIpc) is 2.83. The molecule has 1 aromatic heterocycles. The van der Waals surface area contributed by atoms with Crippen LogP contribution in [0.1, 0.15) is 6.42 Å². The fourth-order valence-electron chi connectivity index (χ4n) is 2.39. The second-order valence-corrected chi connectivity index (χ2v) is 5.30. The summed E-state index contributed by atoms with van der Waals surface area (Å²) in [5.74, 6) is -0.00937. The SMILES string of the molecule is CN(CCN)c1nc(N2CCC(O)(C(=O)O)C2)ccc1N. The molecule has 2 heterocycles. The minimum atomic E-state index is -1.72. The van der Waals surface area contributed by atoms with E-state index in [1.807, 2.05) is 11.9 Å². The van der Waals surface area contributed by atoms with E-state index in [1.54, 1.807) is 17.0 Å². The number of carbonyl (C=O) groups is 1. The van der Waals surface area contributed by atoms with Gasteiger partial charge in [-0.3, -0.25) is 0 Å². The summed E-state index contributed by atoms with van der Waals surface area (Å²) >= 11 is 0. The summed E-state index contributed by atoms with van der Waals surface area (Å²) < 4.78 is 0. The van der Waals surface area contributed by atoms with Crippen LogP contribution in [-0.4, -0.2) is 60.0 Å². The van der Waals surface area contributed by atoms with Gasteiger partial charge in [0.25, 0.3) is 0 Å². The maximum atomic E-state index is 11.1. The number of aliphatic hydroxyl groups is 1. The lowest BCUT2D eigenvalue weighted by molar-refractivity contribution is -0.156. The minimum absolute atomic E-state index is 0.0132. The number of anilines is 3. The first-order valence-corrected chi connectivity index (χ1v) is 6.76. The van der Waals surface area contributed by atoms with E-state index in [9.17, 15) is 9.90 Å². The van der Waals surface area contributed by atoms with Gasteiger partial charge in [0.15, 0.2) is 11.4 Å². The molecule has 0 aromatic carbocycles. The number of aliphatic carboxylic acids is 1. The largest absolute Gasteiger partial charge is 0.479 e. The number of hydrogen-bond donors (Lipinski definition) is 4. The molecule has 6 N–H and O–H groups in total. The third-order valence-electron chi connectivity index (χ3n) is 3.69. The molecule has 1 aliphatic heterocycles. The van der Waals surface area contributed by atoms with E-state index < -0.39 is 11.6 Å². The second-order valence-electron chi connectivity index (χ2n) is 5.30. The molecule has 116 valence electrons. The van der Waals surface area contributed by atoms with Gasteiger partial charge in [0.2, 0.25) is 0 Å². The first kappa shape index (κ1) is 15.3.